The monoisotopic (exact) mass is 354 g/mol. The molecule has 1 aliphatic heterocycles. The van der Waals surface area contributed by atoms with Gasteiger partial charge in [-0.25, -0.2) is 0 Å². The molecule has 1 aromatic heterocycles. The molecule has 5 nitrogen and oxygen atoms in total. The second kappa shape index (κ2) is 7.25. The van der Waals surface area contributed by atoms with Crippen LogP contribution in [0.3, 0.4) is 0 Å². The second-order valence-corrected chi connectivity index (χ2v) is 7.64. The summed E-state index contributed by atoms with van der Waals surface area (Å²) in [7, 11) is 0. The molecular weight excluding hydrogens is 328 g/mol. The number of aromatic nitrogens is 1. The Balaban J connectivity index is 1.29. The summed E-state index contributed by atoms with van der Waals surface area (Å²) in [5, 5.41) is 19.8. The van der Waals surface area contributed by atoms with E-state index in [9.17, 15) is 10.2 Å². The summed E-state index contributed by atoms with van der Waals surface area (Å²) in [5.41, 5.74) is 1.80. The third kappa shape index (κ3) is 3.69. The molecule has 5 heteroatoms. The van der Waals surface area contributed by atoms with Gasteiger partial charge in [0.2, 0.25) is 0 Å². The first kappa shape index (κ1) is 17.3. The fourth-order valence-corrected chi connectivity index (χ4v) is 4.41. The van der Waals surface area contributed by atoms with Gasteiger partial charge in [0, 0.05) is 25.8 Å². The van der Waals surface area contributed by atoms with Gasteiger partial charge in [-0.2, -0.15) is 0 Å². The minimum absolute atomic E-state index is 0.228. The van der Waals surface area contributed by atoms with E-state index in [4.69, 9.17) is 4.74 Å². The van der Waals surface area contributed by atoms with E-state index in [1.54, 1.807) is 30.5 Å². The van der Waals surface area contributed by atoms with E-state index in [1.165, 1.54) is 0 Å². The number of aryl methyl sites for hydroxylation is 1. The SMILES string of the molecule is Cc1ncccc1O[C@@H]1C[C@@H]2CN(CC(O)c3ccc(O)cc3)C[C@@H]2C1. The van der Waals surface area contributed by atoms with E-state index in [1.807, 2.05) is 19.1 Å². The van der Waals surface area contributed by atoms with Crippen molar-refractivity contribution in [3.05, 3.63) is 53.9 Å². The summed E-state index contributed by atoms with van der Waals surface area (Å²) in [6.45, 7) is 4.67. The zero-order chi connectivity index (χ0) is 18.1. The molecule has 1 saturated carbocycles. The molecule has 1 saturated heterocycles. The van der Waals surface area contributed by atoms with Crippen LogP contribution in [-0.2, 0) is 0 Å². The summed E-state index contributed by atoms with van der Waals surface area (Å²) in [6, 6.07) is 10.7. The fraction of sp³-hybridized carbons (Fsp3) is 0.476. The molecule has 0 spiro atoms. The third-order valence-corrected chi connectivity index (χ3v) is 5.74. The number of aliphatic hydroxyl groups excluding tert-OH is 1. The second-order valence-electron chi connectivity index (χ2n) is 7.64. The standard InChI is InChI=1S/C21H26N2O3/c1-14-21(3-2-8-22-14)26-19-9-16-11-23(12-17(16)10-19)13-20(25)15-4-6-18(24)7-5-15/h2-8,16-17,19-20,24-25H,9-13H2,1H3/t16-,17+,19-,20?. The van der Waals surface area contributed by atoms with E-state index in [2.05, 4.69) is 9.88 Å². The molecule has 1 aliphatic carbocycles. The Bertz CT molecular complexity index is 735. The molecule has 1 unspecified atom stereocenters. The average Bonchev–Trinajstić information content (AvgIpc) is 3.15. The molecule has 0 amide bonds. The number of benzene rings is 1. The number of β-amino-alcohol motifs (C(OH)–C–C–N with tert-alkyl or cyclic N) is 1. The summed E-state index contributed by atoms with van der Waals surface area (Å²) in [5.74, 6) is 2.41. The number of fused-ring (bicyclic) bond motifs is 1. The maximum atomic E-state index is 10.5. The number of pyridine rings is 1. The Morgan fingerprint density at radius 1 is 1.15 bits per heavy atom. The van der Waals surface area contributed by atoms with Crippen molar-refractivity contribution in [1.29, 1.82) is 0 Å². The van der Waals surface area contributed by atoms with Gasteiger partial charge in [-0.05, 0) is 61.4 Å². The van der Waals surface area contributed by atoms with Gasteiger partial charge in [0.15, 0.2) is 0 Å². The summed E-state index contributed by atoms with van der Waals surface area (Å²) < 4.78 is 6.19. The Labute approximate surface area is 154 Å². The summed E-state index contributed by atoms with van der Waals surface area (Å²) >= 11 is 0. The molecule has 2 N–H and O–H groups in total. The molecule has 4 atom stereocenters. The molecule has 138 valence electrons. The first-order chi connectivity index (χ1) is 12.6. The number of phenolic OH excluding ortho intramolecular Hbond substituents is 1. The molecule has 2 heterocycles. The number of aromatic hydroxyl groups is 1. The van der Waals surface area contributed by atoms with Crippen molar-refractivity contribution in [3.63, 3.8) is 0 Å². The number of rotatable bonds is 5. The Kier molecular flexibility index (Phi) is 4.83. The first-order valence-corrected chi connectivity index (χ1v) is 9.36. The van der Waals surface area contributed by atoms with Crippen LogP contribution < -0.4 is 4.74 Å². The minimum atomic E-state index is -0.514. The highest BCUT2D eigenvalue weighted by Crippen LogP contribution is 2.40. The van der Waals surface area contributed by atoms with Crippen molar-refractivity contribution in [2.45, 2.75) is 32.0 Å². The van der Waals surface area contributed by atoms with Gasteiger partial charge in [-0.1, -0.05) is 12.1 Å². The Morgan fingerprint density at radius 2 is 1.85 bits per heavy atom. The number of ether oxygens (including phenoxy) is 1. The highest BCUT2D eigenvalue weighted by molar-refractivity contribution is 5.27. The number of hydrogen-bond acceptors (Lipinski definition) is 5. The van der Waals surface area contributed by atoms with Crippen molar-refractivity contribution in [2.75, 3.05) is 19.6 Å². The van der Waals surface area contributed by atoms with Crippen molar-refractivity contribution < 1.29 is 14.9 Å². The smallest absolute Gasteiger partial charge is 0.140 e. The summed E-state index contributed by atoms with van der Waals surface area (Å²) in [4.78, 5) is 6.66. The first-order valence-electron chi connectivity index (χ1n) is 9.36. The van der Waals surface area contributed by atoms with Crippen molar-refractivity contribution in [3.8, 4) is 11.5 Å². The quantitative estimate of drug-likeness (QED) is 0.864. The molecule has 0 bridgehead atoms. The van der Waals surface area contributed by atoms with Gasteiger partial charge in [0.1, 0.15) is 11.5 Å². The van der Waals surface area contributed by atoms with Crippen LogP contribution in [0.4, 0.5) is 0 Å². The number of likely N-dealkylation sites (tertiary alicyclic amines) is 1. The molecule has 26 heavy (non-hydrogen) atoms. The van der Waals surface area contributed by atoms with E-state index in [0.717, 1.165) is 42.9 Å². The van der Waals surface area contributed by atoms with Crippen molar-refractivity contribution in [1.82, 2.24) is 9.88 Å². The van der Waals surface area contributed by atoms with Gasteiger partial charge in [-0.15, -0.1) is 0 Å². The molecular formula is C21H26N2O3. The number of nitrogens with zero attached hydrogens (tertiary/aromatic N) is 2. The largest absolute Gasteiger partial charge is 0.508 e. The maximum Gasteiger partial charge on any atom is 0.140 e. The maximum absolute atomic E-state index is 10.5. The van der Waals surface area contributed by atoms with Gasteiger partial charge in [-0.3, -0.25) is 9.88 Å². The lowest BCUT2D eigenvalue weighted by Crippen LogP contribution is -2.29. The van der Waals surface area contributed by atoms with E-state index in [0.29, 0.717) is 18.4 Å². The Hall–Kier alpha value is -2.11. The predicted octanol–water partition coefficient (Wildman–Crippen LogP) is 2.92. The molecule has 1 aromatic carbocycles. The summed E-state index contributed by atoms with van der Waals surface area (Å²) in [6.07, 6.45) is 3.70. The van der Waals surface area contributed by atoms with E-state index in [-0.39, 0.29) is 11.9 Å². The van der Waals surface area contributed by atoms with Gasteiger partial charge in [0.25, 0.3) is 0 Å². The lowest BCUT2D eigenvalue weighted by atomic mass is 10.0. The van der Waals surface area contributed by atoms with Crippen LogP contribution in [-0.4, -0.2) is 45.8 Å². The fourth-order valence-electron chi connectivity index (χ4n) is 4.41. The number of phenols is 1. The zero-order valence-corrected chi connectivity index (χ0v) is 15.1. The van der Waals surface area contributed by atoms with Crippen LogP contribution in [0.5, 0.6) is 11.5 Å². The molecule has 2 aliphatic rings. The minimum Gasteiger partial charge on any atom is -0.508 e. The highest BCUT2D eigenvalue weighted by Gasteiger charge is 2.42. The molecule has 4 rings (SSSR count). The van der Waals surface area contributed by atoms with Crippen LogP contribution in [0, 0.1) is 18.8 Å². The topological polar surface area (TPSA) is 65.8 Å². The normalized spacial score (nSPS) is 26.6. The van der Waals surface area contributed by atoms with Gasteiger partial charge in [0.05, 0.1) is 17.9 Å². The van der Waals surface area contributed by atoms with E-state index < -0.39 is 6.10 Å². The Morgan fingerprint density at radius 3 is 2.50 bits per heavy atom. The van der Waals surface area contributed by atoms with Gasteiger partial charge >= 0.3 is 0 Å². The van der Waals surface area contributed by atoms with Crippen LogP contribution in [0.15, 0.2) is 42.6 Å². The number of aliphatic hydroxyl groups is 1. The molecule has 0 radical (unpaired) electrons. The van der Waals surface area contributed by atoms with Gasteiger partial charge < -0.3 is 14.9 Å². The van der Waals surface area contributed by atoms with Crippen LogP contribution in [0.1, 0.15) is 30.2 Å². The lowest BCUT2D eigenvalue weighted by Gasteiger charge is -2.22. The molecule has 2 aromatic rings. The van der Waals surface area contributed by atoms with E-state index >= 15 is 0 Å². The van der Waals surface area contributed by atoms with Crippen LogP contribution >= 0.6 is 0 Å². The zero-order valence-electron chi connectivity index (χ0n) is 15.1. The third-order valence-electron chi connectivity index (χ3n) is 5.74. The molecule has 2 fully saturated rings. The van der Waals surface area contributed by atoms with Crippen molar-refractivity contribution >= 4 is 0 Å². The number of hydrogen-bond donors (Lipinski definition) is 2. The average molecular weight is 354 g/mol. The van der Waals surface area contributed by atoms with Crippen LogP contribution in [0.2, 0.25) is 0 Å². The van der Waals surface area contributed by atoms with Crippen LogP contribution in [0.25, 0.3) is 0 Å². The highest BCUT2D eigenvalue weighted by atomic mass is 16.5. The van der Waals surface area contributed by atoms with Crippen molar-refractivity contribution in [2.24, 2.45) is 11.8 Å². The lowest BCUT2D eigenvalue weighted by molar-refractivity contribution is 0.116. The predicted molar refractivity (Wildman–Crippen MR) is 99.1 cm³/mol.